The average Bonchev–Trinajstić information content (AvgIpc) is 3.46. The van der Waals surface area contributed by atoms with Crippen molar-refractivity contribution in [3.63, 3.8) is 0 Å². The predicted molar refractivity (Wildman–Crippen MR) is 111 cm³/mol. The van der Waals surface area contributed by atoms with E-state index >= 15 is 0 Å². The van der Waals surface area contributed by atoms with Gasteiger partial charge in [-0.1, -0.05) is 30.3 Å². The van der Waals surface area contributed by atoms with Crippen LogP contribution in [0.2, 0.25) is 0 Å². The van der Waals surface area contributed by atoms with E-state index in [4.69, 9.17) is 4.52 Å². The molecule has 150 valence electrons. The third kappa shape index (κ3) is 4.37. The Morgan fingerprint density at radius 3 is 3.00 bits per heavy atom. The lowest BCUT2D eigenvalue weighted by molar-refractivity contribution is -0.115. The maximum Gasteiger partial charge on any atom is 0.263 e. The fourth-order valence-corrected chi connectivity index (χ4v) is 4.11. The first-order valence-corrected chi connectivity index (χ1v) is 10.6. The van der Waals surface area contributed by atoms with E-state index in [1.165, 1.54) is 11.3 Å². The summed E-state index contributed by atoms with van der Waals surface area (Å²) >= 11 is 1.46. The Kier molecular flexibility index (Phi) is 5.71. The quantitative estimate of drug-likeness (QED) is 0.682. The number of anilines is 1. The number of nitrogens with one attached hydrogen (secondary N) is 1. The number of aromatic nitrogens is 2. The SMILES string of the molecule is CCC(=O)Nc1cccc(-c2noc(C3CCCN(C(=O)c4cccs4)C3)n2)c1. The molecule has 0 spiro atoms. The third-order valence-electron chi connectivity index (χ3n) is 4.96. The number of nitrogens with zero attached hydrogens (tertiary/aromatic N) is 3. The van der Waals surface area contributed by atoms with Crippen LogP contribution in [0, 0.1) is 0 Å². The average molecular weight is 410 g/mol. The highest BCUT2D eigenvalue weighted by Gasteiger charge is 2.29. The maximum absolute atomic E-state index is 12.6. The minimum atomic E-state index is -0.0475. The first-order valence-electron chi connectivity index (χ1n) is 9.70. The van der Waals surface area contributed by atoms with Gasteiger partial charge < -0.3 is 14.7 Å². The van der Waals surface area contributed by atoms with Crippen molar-refractivity contribution in [1.29, 1.82) is 0 Å². The van der Waals surface area contributed by atoms with Gasteiger partial charge in [-0.2, -0.15) is 4.98 Å². The van der Waals surface area contributed by atoms with Crippen LogP contribution in [-0.4, -0.2) is 39.9 Å². The second-order valence-electron chi connectivity index (χ2n) is 7.01. The molecule has 1 atom stereocenters. The number of rotatable bonds is 5. The molecule has 0 aliphatic carbocycles. The van der Waals surface area contributed by atoms with Crippen molar-refractivity contribution in [3.8, 4) is 11.4 Å². The highest BCUT2D eigenvalue weighted by atomic mass is 32.1. The van der Waals surface area contributed by atoms with Crippen LogP contribution in [0.3, 0.4) is 0 Å². The fraction of sp³-hybridized carbons (Fsp3) is 0.333. The Hall–Kier alpha value is -3.00. The summed E-state index contributed by atoms with van der Waals surface area (Å²) in [5, 5.41) is 8.87. The molecule has 2 aromatic heterocycles. The fourth-order valence-electron chi connectivity index (χ4n) is 3.42. The molecule has 1 fully saturated rings. The summed E-state index contributed by atoms with van der Waals surface area (Å²) in [5.41, 5.74) is 1.47. The van der Waals surface area contributed by atoms with E-state index in [1.54, 1.807) is 6.92 Å². The molecule has 1 aliphatic heterocycles. The molecule has 4 rings (SSSR count). The van der Waals surface area contributed by atoms with Gasteiger partial charge in [0, 0.05) is 30.8 Å². The van der Waals surface area contributed by atoms with Crippen molar-refractivity contribution < 1.29 is 14.1 Å². The van der Waals surface area contributed by atoms with Crippen LogP contribution in [0.1, 0.15) is 47.7 Å². The molecule has 7 nitrogen and oxygen atoms in total. The maximum atomic E-state index is 12.6. The van der Waals surface area contributed by atoms with Gasteiger partial charge in [-0.05, 0) is 36.4 Å². The van der Waals surface area contributed by atoms with E-state index < -0.39 is 0 Å². The Morgan fingerprint density at radius 1 is 1.31 bits per heavy atom. The predicted octanol–water partition coefficient (Wildman–Crippen LogP) is 4.17. The highest BCUT2D eigenvalue weighted by molar-refractivity contribution is 7.12. The monoisotopic (exact) mass is 410 g/mol. The first-order chi connectivity index (χ1) is 14.1. The zero-order valence-corrected chi connectivity index (χ0v) is 16.9. The van der Waals surface area contributed by atoms with Gasteiger partial charge in [0.05, 0.1) is 10.8 Å². The molecule has 3 heterocycles. The third-order valence-corrected chi connectivity index (χ3v) is 5.82. The van der Waals surface area contributed by atoms with Crippen molar-refractivity contribution >= 4 is 28.8 Å². The van der Waals surface area contributed by atoms with Gasteiger partial charge in [0.25, 0.3) is 5.91 Å². The molecule has 29 heavy (non-hydrogen) atoms. The molecule has 2 amide bonds. The summed E-state index contributed by atoms with van der Waals surface area (Å²) in [7, 11) is 0. The van der Waals surface area contributed by atoms with E-state index in [0.29, 0.717) is 30.4 Å². The molecule has 1 N–H and O–H groups in total. The summed E-state index contributed by atoms with van der Waals surface area (Å²) in [6.45, 7) is 3.12. The lowest BCUT2D eigenvalue weighted by atomic mass is 9.98. The Morgan fingerprint density at radius 2 is 2.21 bits per heavy atom. The molecular weight excluding hydrogens is 388 g/mol. The number of thiophene rings is 1. The Bertz CT molecular complexity index is 999. The van der Waals surface area contributed by atoms with Gasteiger partial charge in [-0.3, -0.25) is 9.59 Å². The summed E-state index contributed by atoms with van der Waals surface area (Å²) in [6.07, 6.45) is 2.22. The number of benzene rings is 1. The van der Waals surface area contributed by atoms with Crippen LogP contribution in [0.5, 0.6) is 0 Å². The number of hydrogen-bond donors (Lipinski definition) is 1. The number of likely N-dealkylation sites (tertiary alicyclic amines) is 1. The lowest BCUT2D eigenvalue weighted by Crippen LogP contribution is -2.38. The lowest BCUT2D eigenvalue weighted by Gasteiger charge is -2.30. The van der Waals surface area contributed by atoms with Gasteiger partial charge in [-0.25, -0.2) is 0 Å². The number of carbonyl (C=O) groups is 2. The van der Waals surface area contributed by atoms with Crippen LogP contribution < -0.4 is 5.32 Å². The molecule has 8 heteroatoms. The van der Waals surface area contributed by atoms with Crippen molar-refractivity contribution in [2.75, 3.05) is 18.4 Å². The summed E-state index contributed by atoms with van der Waals surface area (Å²) in [6, 6.07) is 11.1. The van der Waals surface area contributed by atoms with Gasteiger partial charge in [0.1, 0.15) is 0 Å². The number of carbonyl (C=O) groups excluding carboxylic acids is 2. The highest BCUT2D eigenvalue weighted by Crippen LogP contribution is 2.29. The Labute approximate surface area is 172 Å². The van der Waals surface area contributed by atoms with Crippen LogP contribution in [0.15, 0.2) is 46.3 Å². The van der Waals surface area contributed by atoms with E-state index in [2.05, 4.69) is 15.5 Å². The molecule has 0 bridgehead atoms. The minimum Gasteiger partial charge on any atom is -0.339 e. The topological polar surface area (TPSA) is 88.3 Å². The standard InChI is InChI=1S/C21H22N4O3S/c1-2-18(26)22-16-8-3-6-14(12-16)19-23-20(28-24-19)15-7-4-10-25(13-15)21(27)17-9-5-11-29-17/h3,5-6,8-9,11-12,15H,2,4,7,10,13H2,1H3,(H,22,26). The van der Waals surface area contributed by atoms with Crippen LogP contribution in [0.25, 0.3) is 11.4 Å². The molecule has 0 saturated carbocycles. The van der Waals surface area contributed by atoms with Crippen molar-refractivity contribution in [2.45, 2.75) is 32.1 Å². The van der Waals surface area contributed by atoms with Gasteiger partial charge in [0.2, 0.25) is 17.6 Å². The zero-order chi connectivity index (χ0) is 20.2. The van der Waals surface area contributed by atoms with E-state index in [1.807, 2.05) is 46.7 Å². The zero-order valence-electron chi connectivity index (χ0n) is 16.1. The normalized spacial score (nSPS) is 16.6. The van der Waals surface area contributed by atoms with Crippen molar-refractivity contribution in [1.82, 2.24) is 15.0 Å². The van der Waals surface area contributed by atoms with Crippen molar-refractivity contribution in [2.24, 2.45) is 0 Å². The molecule has 1 unspecified atom stereocenters. The summed E-state index contributed by atoms with van der Waals surface area (Å²) in [4.78, 5) is 31.5. The van der Waals surface area contributed by atoms with Crippen LogP contribution in [-0.2, 0) is 4.79 Å². The molecular formula is C21H22N4O3S. The summed E-state index contributed by atoms with van der Waals surface area (Å²) < 4.78 is 5.54. The second kappa shape index (κ2) is 8.57. The Balaban J connectivity index is 1.48. The number of amides is 2. The molecule has 1 saturated heterocycles. The van der Waals surface area contributed by atoms with Gasteiger partial charge in [0.15, 0.2) is 0 Å². The van der Waals surface area contributed by atoms with E-state index in [0.717, 1.165) is 29.8 Å². The van der Waals surface area contributed by atoms with Crippen LogP contribution >= 0.6 is 11.3 Å². The number of piperidine rings is 1. The van der Waals surface area contributed by atoms with Gasteiger partial charge >= 0.3 is 0 Å². The largest absolute Gasteiger partial charge is 0.339 e. The van der Waals surface area contributed by atoms with E-state index in [-0.39, 0.29) is 17.7 Å². The van der Waals surface area contributed by atoms with Crippen LogP contribution in [0.4, 0.5) is 5.69 Å². The molecule has 0 radical (unpaired) electrons. The van der Waals surface area contributed by atoms with E-state index in [9.17, 15) is 9.59 Å². The minimum absolute atomic E-state index is 0.0249. The second-order valence-corrected chi connectivity index (χ2v) is 7.95. The summed E-state index contributed by atoms with van der Waals surface area (Å²) in [5.74, 6) is 1.07. The first kappa shape index (κ1) is 19.3. The smallest absolute Gasteiger partial charge is 0.263 e. The van der Waals surface area contributed by atoms with Crippen molar-refractivity contribution in [3.05, 3.63) is 52.5 Å². The molecule has 1 aliphatic rings. The molecule has 1 aromatic carbocycles. The molecule has 3 aromatic rings. The van der Waals surface area contributed by atoms with Gasteiger partial charge in [-0.15, -0.1) is 11.3 Å². The number of hydrogen-bond acceptors (Lipinski definition) is 6.